The van der Waals surface area contributed by atoms with Crippen LogP contribution in [0.1, 0.15) is 22.6 Å². The van der Waals surface area contributed by atoms with Crippen LogP contribution < -0.4 is 0 Å². The van der Waals surface area contributed by atoms with E-state index >= 15 is 0 Å². The Morgan fingerprint density at radius 2 is 0.333 bits per heavy atom. The van der Waals surface area contributed by atoms with E-state index < -0.39 is 0 Å². The number of para-hydroxylation sites is 3. The lowest BCUT2D eigenvalue weighted by atomic mass is 9.84. The van der Waals surface area contributed by atoms with Gasteiger partial charge in [-0.15, -0.1) is 0 Å². The Hall–Kier alpha value is -16.9. The van der Waals surface area contributed by atoms with E-state index in [2.05, 4.69) is 522 Å². The number of benzene rings is 21. The fourth-order valence-electron chi connectivity index (χ4n) is 20.1. The molecule has 4 heteroatoms. The van der Waals surface area contributed by atoms with Crippen molar-refractivity contribution in [1.82, 2.24) is 18.3 Å². The summed E-state index contributed by atoms with van der Waals surface area (Å²) in [6, 6.07) is 184. The molecule has 0 spiro atoms. The molecule has 4 aromatic heterocycles. The fourth-order valence-corrected chi connectivity index (χ4v) is 20.1. The summed E-state index contributed by atoms with van der Waals surface area (Å²) in [5.74, 6) is 0.0541. The lowest BCUT2D eigenvalue weighted by molar-refractivity contribution is 0.975. The lowest BCUT2D eigenvalue weighted by Crippen LogP contribution is -2.04. The van der Waals surface area contributed by atoms with E-state index in [1.54, 1.807) is 0 Å². The standard InChI is InChI=1S/C67H46N2.C58H38N2/c1-5-15-46(16-6-1)49-25-29-51(30-26-49)67(52-31-27-50(28-32-52)47-17-7-2-8-18-47)53-33-38-58(39-34-53)69-63-24-14-13-23-59(63)60-44-55(36-41-64(60)69)56-37-42-66-62(45-56)61-43-54(48-19-9-3-10-20-48)35-40-65(61)68(66)57-21-11-4-12-22-57;1-3-12-39(13-4-1)41-22-29-47(30-23-41)59-55-21-10-9-19-51(55)52-37-45(27-34-56(52)59)46-28-35-58-54(38-46)53-36-44(40-14-5-2-6-15-40)26-33-57(53)60(58)48-31-24-43(25-32-48)50-20-11-17-42-16-7-8-18-49(42)50/h1-45,67H;1-38H. The molecule has 0 unspecified atom stereocenters. The van der Waals surface area contributed by atoms with Crippen molar-refractivity contribution >= 4 is 98.0 Å². The molecule has 0 saturated carbocycles. The highest BCUT2D eigenvalue weighted by Gasteiger charge is 2.24. The normalized spacial score (nSPS) is 11.6. The van der Waals surface area contributed by atoms with Crippen LogP contribution in [0.25, 0.3) is 210 Å². The molecule has 25 rings (SSSR count). The minimum atomic E-state index is 0.0541. The molecule has 0 N–H and O–H groups in total. The van der Waals surface area contributed by atoms with Gasteiger partial charge in [-0.1, -0.05) is 370 Å². The Kier molecular flexibility index (Phi) is 19.0. The van der Waals surface area contributed by atoms with Crippen LogP contribution in [0.5, 0.6) is 0 Å². The molecule has 129 heavy (non-hydrogen) atoms. The molecule has 4 heterocycles. The van der Waals surface area contributed by atoms with Gasteiger partial charge in [0.25, 0.3) is 0 Å². The zero-order chi connectivity index (χ0) is 85.2. The fraction of sp³-hybridized carbons (Fsp3) is 0.00800. The van der Waals surface area contributed by atoms with Gasteiger partial charge in [0.15, 0.2) is 0 Å². The molecule has 0 aliphatic heterocycles. The minimum Gasteiger partial charge on any atom is -0.309 e. The largest absolute Gasteiger partial charge is 0.309 e. The van der Waals surface area contributed by atoms with E-state index in [0.29, 0.717) is 0 Å². The summed E-state index contributed by atoms with van der Waals surface area (Å²) >= 11 is 0. The van der Waals surface area contributed by atoms with Crippen molar-refractivity contribution in [1.29, 1.82) is 0 Å². The van der Waals surface area contributed by atoms with Crippen LogP contribution in [-0.4, -0.2) is 18.3 Å². The van der Waals surface area contributed by atoms with Gasteiger partial charge in [-0.3, -0.25) is 0 Å². The second-order valence-electron chi connectivity index (χ2n) is 33.8. The summed E-state index contributed by atoms with van der Waals surface area (Å²) in [5.41, 5.74) is 37.4. The molecule has 4 nitrogen and oxygen atoms in total. The third kappa shape index (κ3) is 13.7. The third-order valence-electron chi connectivity index (χ3n) is 26.4. The zero-order valence-electron chi connectivity index (χ0n) is 70.8. The predicted octanol–water partition coefficient (Wildman–Crippen LogP) is 33.4. The predicted molar refractivity (Wildman–Crippen MR) is 545 cm³/mol. The van der Waals surface area contributed by atoms with Crippen molar-refractivity contribution in [2.45, 2.75) is 5.92 Å². The van der Waals surface area contributed by atoms with Crippen molar-refractivity contribution in [3.8, 4) is 112 Å². The topological polar surface area (TPSA) is 19.7 Å². The maximum absolute atomic E-state index is 2.43. The monoisotopic (exact) mass is 1640 g/mol. The number of hydrogen-bond donors (Lipinski definition) is 0. The van der Waals surface area contributed by atoms with Crippen LogP contribution in [0.4, 0.5) is 0 Å². The van der Waals surface area contributed by atoms with E-state index in [1.807, 2.05) is 0 Å². The smallest absolute Gasteiger partial charge is 0.0541 e. The van der Waals surface area contributed by atoms with Crippen LogP contribution in [0, 0.1) is 0 Å². The van der Waals surface area contributed by atoms with Gasteiger partial charge in [-0.2, -0.15) is 0 Å². The summed E-state index contributed by atoms with van der Waals surface area (Å²) in [6.45, 7) is 0. The zero-order valence-corrected chi connectivity index (χ0v) is 70.8. The maximum Gasteiger partial charge on any atom is 0.0541 e. The van der Waals surface area contributed by atoms with Crippen molar-refractivity contribution in [3.63, 3.8) is 0 Å². The van der Waals surface area contributed by atoms with Crippen molar-refractivity contribution < 1.29 is 0 Å². The maximum atomic E-state index is 2.43. The van der Waals surface area contributed by atoms with Gasteiger partial charge in [-0.25, -0.2) is 0 Å². The lowest BCUT2D eigenvalue weighted by Gasteiger charge is -2.21. The first-order valence-corrected chi connectivity index (χ1v) is 44.5. The average molecular weight is 1640 g/mol. The molecular weight excluding hydrogens is 1560 g/mol. The molecule has 0 saturated heterocycles. The van der Waals surface area contributed by atoms with Crippen molar-refractivity contribution in [3.05, 3.63) is 520 Å². The van der Waals surface area contributed by atoms with E-state index in [4.69, 9.17) is 0 Å². The second kappa shape index (κ2) is 32.3. The van der Waals surface area contributed by atoms with Crippen LogP contribution in [0.2, 0.25) is 0 Å². The van der Waals surface area contributed by atoms with Gasteiger partial charge in [0.05, 0.1) is 44.1 Å². The number of fused-ring (bicyclic) bond motifs is 13. The van der Waals surface area contributed by atoms with E-state index in [-0.39, 0.29) is 5.92 Å². The second-order valence-corrected chi connectivity index (χ2v) is 33.8. The highest BCUT2D eigenvalue weighted by molar-refractivity contribution is 6.16. The van der Waals surface area contributed by atoms with Crippen LogP contribution in [0.3, 0.4) is 0 Å². The van der Waals surface area contributed by atoms with Crippen molar-refractivity contribution in [2.75, 3.05) is 0 Å². The number of aromatic nitrogens is 4. The summed E-state index contributed by atoms with van der Waals surface area (Å²) in [7, 11) is 0. The Morgan fingerprint density at radius 1 is 0.124 bits per heavy atom. The molecule has 0 aliphatic rings. The van der Waals surface area contributed by atoms with E-state index in [0.717, 1.165) is 22.7 Å². The molecule has 0 radical (unpaired) electrons. The highest BCUT2D eigenvalue weighted by atomic mass is 15.0. The first-order valence-electron chi connectivity index (χ1n) is 44.5. The molecule has 0 bridgehead atoms. The SMILES string of the molecule is c1ccc(-c2ccc(-n3c4ccccc4c4cc(-c5ccc6c(c5)c5cc(-c7ccccc7)ccc5n6-c5ccc(-c6cccc7ccccc67)cc5)ccc43)cc2)cc1.c1ccc(-c2ccc(C(c3ccc(-c4ccccc4)cc3)c3ccc(-n4c5ccccc5c5cc(-c6ccc7c(c6)c6cc(-c8ccccc8)ccc6n7-c6ccccc6)ccc54)cc3)cc2)cc1. The highest BCUT2D eigenvalue weighted by Crippen LogP contribution is 2.45. The van der Waals surface area contributed by atoms with E-state index in [1.165, 1.54) is 204 Å². The van der Waals surface area contributed by atoms with Gasteiger partial charge < -0.3 is 18.3 Å². The first kappa shape index (κ1) is 75.8. The van der Waals surface area contributed by atoms with E-state index in [9.17, 15) is 0 Å². The van der Waals surface area contributed by atoms with Crippen LogP contribution in [-0.2, 0) is 0 Å². The minimum absolute atomic E-state index is 0.0541. The van der Waals surface area contributed by atoms with Gasteiger partial charge in [0.2, 0.25) is 0 Å². The Labute approximate surface area is 748 Å². The average Bonchev–Trinajstić information content (AvgIpc) is 1.58. The third-order valence-corrected chi connectivity index (χ3v) is 26.4. The molecule has 0 atom stereocenters. The summed E-state index contributed by atoms with van der Waals surface area (Å²) < 4.78 is 9.65. The Bertz CT molecular complexity index is 8420. The van der Waals surface area contributed by atoms with Gasteiger partial charge >= 0.3 is 0 Å². The Balaban J connectivity index is 0.000000145. The number of rotatable bonds is 15. The van der Waals surface area contributed by atoms with Crippen LogP contribution in [0.15, 0.2) is 504 Å². The molecular formula is C125H84N4. The van der Waals surface area contributed by atoms with Gasteiger partial charge in [-0.05, 0) is 250 Å². The molecule has 21 aromatic carbocycles. The molecule has 25 aromatic rings. The molecule has 604 valence electrons. The first-order chi connectivity index (χ1) is 64.0. The number of hydrogen-bond acceptors (Lipinski definition) is 0. The molecule has 0 fully saturated rings. The van der Waals surface area contributed by atoms with Crippen LogP contribution >= 0.6 is 0 Å². The van der Waals surface area contributed by atoms with Gasteiger partial charge in [0.1, 0.15) is 0 Å². The molecule has 0 amide bonds. The molecule has 0 aliphatic carbocycles. The summed E-state index contributed by atoms with van der Waals surface area (Å²) in [4.78, 5) is 0. The number of nitrogens with zero attached hydrogens (tertiary/aromatic N) is 4. The Morgan fingerprint density at radius 3 is 0.674 bits per heavy atom. The van der Waals surface area contributed by atoms with Gasteiger partial charge in [0, 0.05) is 71.8 Å². The quantitative estimate of drug-likeness (QED) is 0.0912. The van der Waals surface area contributed by atoms with Crippen molar-refractivity contribution in [2.24, 2.45) is 0 Å². The summed E-state index contributed by atoms with van der Waals surface area (Å²) in [6.07, 6.45) is 0. The summed E-state index contributed by atoms with van der Waals surface area (Å²) in [5, 5.41) is 12.5.